The van der Waals surface area contributed by atoms with Crippen LogP contribution >= 0.6 is 0 Å². The van der Waals surface area contributed by atoms with Gasteiger partial charge in [0.25, 0.3) is 0 Å². The second-order valence-electron chi connectivity index (χ2n) is 5.90. The molecule has 0 spiro atoms. The second-order valence-corrected chi connectivity index (χ2v) is 5.90. The number of carbonyl (C=O) groups is 1. The summed E-state index contributed by atoms with van der Waals surface area (Å²) in [5.41, 5.74) is 5.55. The predicted octanol–water partition coefficient (Wildman–Crippen LogP) is 2.09. The normalized spacial score (nSPS) is 21.3. The van der Waals surface area contributed by atoms with Crippen molar-refractivity contribution in [3.63, 3.8) is 0 Å². The van der Waals surface area contributed by atoms with Gasteiger partial charge in [-0.25, -0.2) is 0 Å². The van der Waals surface area contributed by atoms with Crippen LogP contribution in [0, 0.1) is 11.3 Å². The van der Waals surface area contributed by atoms with Crippen molar-refractivity contribution < 1.29 is 9.53 Å². The first-order chi connectivity index (χ1) is 6.69. The molecule has 0 saturated heterocycles. The Bertz CT molecular complexity index is 249. The summed E-state index contributed by atoms with van der Waals surface area (Å²) >= 11 is 0. The molecule has 0 aromatic carbocycles. The van der Waals surface area contributed by atoms with Gasteiger partial charge in [0.2, 0.25) is 0 Å². The SMILES string of the molecule is CC(C)C1(C(N)C(=O)OC(C)(C)C)CC1. The molecule has 1 unspecified atom stereocenters. The van der Waals surface area contributed by atoms with Crippen LogP contribution in [0.4, 0.5) is 0 Å². The van der Waals surface area contributed by atoms with E-state index >= 15 is 0 Å². The smallest absolute Gasteiger partial charge is 0.324 e. The molecule has 0 bridgehead atoms. The standard InChI is InChI=1S/C12H23NO2/c1-8(2)12(6-7-12)9(13)10(14)15-11(3,4)5/h8-9H,6-7,13H2,1-5H3. The van der Waals surface area contributed by atoms with E-state index in [2.05, 4.69) is 13.8 Å². The molecule has 0 aromatic rings. The summed E-state index contributed by atoms with van der Waals surface area (Å²) in [4.78, 5) is 11.8. The lowest BCUT2D eigenvalue weighted by Gasteiger charge is -2.29. The van der Waals surface area contributed by atoms with Crippen molar-refractivity contribution in [3.8, 4) is 0 Å². The molecule has 0 aliphatic heterocycles. The summed E-state index contributed by atoms with van der Waals surface area (Å²) in [5, 5.41) is 0. The lowest BCUT2D eigenvalue weighted by Crippen LogP contribution is -2.45. The molecule has 0 radical (unpaired) electrons. The molecule has 1 aliphatic carbocycles. The van der Waals surface area contributed by atoms with Crippen molar-refractivity contribution >= 4 is 5.97 Å². The Labute approximate surface area is 92.4 Å². The molecule has 1 aliphatic rings. The molecule has 1 rings (SSSR count). The Hall–Kier alpha value is -0.570. The first-order valence-electron chi connectivity index (χ1n) is 5.67. The molecule has 0 heterocycles. The molecule has 1 atom stereocenters. The van der Waals surface area contributed by atoms with E-state index in [9.17, 15) is 4.79 Å². The molecule has 1 fully saturated rings. The van der Waals surface area contributed by atoms with Crippen LogP contribution in [0.5, 0.6) is 0 Å². The minimum Gasteiger partial charge on any atom is -0.459 e. The summed E-state index contributed by atoms with van der Waals surface area (Å²) in [6, 6.07) is -0.461. The number of carbonyl (C=O) groups excluding carboxylic acids is 1. The van der Waals surface area contributed by atoms with Crippen LogP contribution in [0.25, 0.3) is 0 Å². The summed E-state index contributed by atoms with van der Waals surface area (Å²) in [6.45, 7) is 9.85. The minimum absolute atomic E-state index is 0.00231. The molecule has 88 valence electrons. The van der Waals surface area contributed by atoms with E-state index in [0.717, 1.165) is 12.8 Å². The van der Waals surface area contributed by atoms with Crippen molar-refractivity contribution in [2.24, 2.45) is 17.1 Å². The van der Waals surface area contributed by atoms with Gasteiger partial charge in [-0.15, -0.1) is 0 Å². The van der Waals surface area contributed by atoms with E-state index in [0.29, 0.717) is 5.92 Å². The minimum atomic E-state index is -0.461. The highest BCUT2D eigenvalue weighted by molar-refractivity contribution is 5.77. The summed E-state index contributed by atoms with van der Waals surface area (Å²) < 4.78 is 5.31. The lowest BCUT2D eigenvalue weighted by molar-refractivity contribution is -0.158. The Morgan fingerprint density at radius 3 is 2.07 bits per heavy atom. The molecule has 1 saturated carbocycles. The maximum atomic E-state index is 11.8. The molecule has 2 N–H and O–H groups in total. The fourth-order valence-corrected chi connectivity index (χ4v) is 1.99. The maximum Gasteiger partial charge on any atom is 0.324 e. The van der Waals surface area contributed by atoms with Gasteiger partial charge in [-0.2, -0.15) is 0 Å². The molecule has 3 heteroatoms. The Morgan fingerprint density at radius 2 is 1.80 bits per heavy atom. The van der Waals surface area contributed by atoms with Gasteiger partial charge in [0.15, 0.2) is 0 Å². The monoisotopic (exact) mass is 213 g/mol. The molecule has 0 amide bonds. The van der Waals surface area contributed by atoms with Crippen LogP contribution < -0.4 is 5.73 Å². The number of hydrogen-bond donors (Lipinski definition) is 1. The lowest BCUT2D eigenvalue weighted by atomic mass is 9.85. The third kappa shape index (κ3) is 2.71. The molecule has 0 aromatic heterocycles. The topological polar surface area (TPSA) is 52.3 Å². The second kappa shape index (κ2) is 3.78. The molecular weight excluding hydrogens is 190 g/mol. The van der Waals surface area contributed by atoms with Gasteiger partial charge < -0.3 is 10.5 Å². The Balaban J connectivity index is 2.62. The van der Waals surface area contributed by atoms with Crippen molar-refractivity contribution in [1.29, 1.82) is 0 Å². The maximum absolute atomic E-state index is 11.8. The Kier molecular flexibility index (Phi) is 3.15. The largest absolute Gasteiger partial charge is 0.459 e. The van der Waals surface area contributed by atoms with Crippen LogP contribution in [0.3, 0.4) is 0 Å². The van der Waals surface area contributed by atoms with E-state index in [4.69, 9.17) is 10.5 Å². The summed E-state index contributed by atoms with van der Waals surface area (Å²) in [6.07, 6.45) is 2.09. The van der Waals surface area contributed by atoms with Crippen molar-refractivity contribution in [3.05, 3.63) is 0 Å². The zero-order valence-corrected chi connectivity index (χ0v) is 10.5. The zero-order chi connectivity index (χ0) is 11.9. The van der Waals surface area contributed by atoms with E-state index in [1.165, 1.54) is 0 Å². The van der Waals surface area contributed by atoms with Gasteiger partial charge >= 0.3 is 5.97 Å². The number of esters is 1. The van der Waals surface area contributed by atoms with Gasteiger partial charge in [0, 0.05) is 0 Å². The fraction of sp³-hybridized carbons (Fsp3) is 0.917. The number of hydrogen-bond acceptors (Lipinski definition) is 3. The first kappa shape index (κ1) is 12.5. The zero-order valence-electron chi connectivity index (χ0n) is 10.5. The highest BCUT2D eigenvalue weighted by Crippen LogP contribution is 2.54. The van der Waals surface area contributed by atoms with E-state index in [1.807, 2.05) is 20.8 Å². The van der Waals surface area contributed by atoms with Crippen molar-refractivity contribution in [2.45, 2.75) is 59.1 Å². The highest BCUT2D eigenvalue weighted by atomic mass is 16.6. The highest BCUT2D eigenvalue weighted by Gasteiger charge is 2.53. The van der Waals surface area contributed by atoms with Gasteiger partial charge in [0.1, 0.15) is 11.6 Å². The predicted molar refractivity (Wildman–Crippen MR) is 60.3 cm³/mol. The van der Waals surface area contributed by atoms with E-state index < -0.39 is 11.6 Å². The van der Waals surface area contributed by atoms with Gasteiger partial charge in [-0.1, -0.05) is 13.8 Å². The van der Waals surface area contributed by atoms with Crippen LogP contribution in [0.2, 0.25) is 0 Å². The number of ether oxygens (including phenoxy) is 1. The summed E-state index contributed by atoms with van der Waals surface area (Å²) in [5.74, 6) is 0.189. The van der Waals surface area contributed by atoms with Crippen molar-refractivity contribution in [2.75, 3.05) is 0 Å². The van der Waals surface area contributed by atoms with E-state index in [1.54, 1.807) is 0 Å². The number of nitrogens with two attached hydrogens (primary N) is 1. The van der Waals surface area contributed by atoms with Gasteiger partial charge in [0.05, 0.1) is 0 Å². The average molecular weight is 213 g/mol. The van der Waals surface area contributed by atoms with Gasteiger partial charge in [-0.3, -0.25) is 4.79 Å². The Morgan fingerprint density at radius 1 is 1.33 bits per heavy atom. The number of rotatable bonds is 3. The van der Waals surface area contributed by atoms with E-state index in [-0.39, 0.29) is 11.4 Å². The first-order valence-corrected chi connectivity index (χ1v) is 5.67. The summed E-state index contributed by atoms with van der Waals surface area (Å²) in [7, 11) is 0. The average Bonchev–Trinajstić information content (AvgIpc) is 2.79. The van der Waals surface area contributed by atoms with Gasteiger partial charge in [-0.05, 0) is 44.9 Å². The third-order valence-corrected chi connectivity index (χ3v) is 3.26. The van der Waals surface area contributed by atoms with Crippen LogP contribution in [0.1, 0.15) is 47.5 Å². The third-order valence-electron chi connectivity index (χ3n) is 3.26. The van der Waals surface area contributed by atoms with Crippen LogP contribution in [-0.2, 0) is 9.53 Å². The molecule has 3 nitrogen and oxygen atoms in total. The quantitative estimate of drug-likeness (QED) is 0.730. The fourth-order valence-electron chi connectivity index (χ4n) is 1.99. The molecular formula is C12H23NO2. The van der Waals surface area contributed by atoms with Crippen molar-refractivity contribution in [1.82, 2.24) is 0 Å². The molecule has 15 heavy (non-hydrogen) atoms. The van der Waals surface area contributed by atoms with Crippen LogP contribution in [-0.4, -0.2) is 17.6 Å². The van der Waals surface area contributed by atoms with Crippen LogP contribution in [0.15, 0.2) is 0 Å².